The van der Waals surface area contributed by atoms with Gasteiger partial charge in [-0.3, -0.25) is 27.8 Å². The standard InChI is InChI=1S/C43H50FN11O12P2SSi/c1-43(2,3)71(4,5)67-33-27(19-56)63-42(55-24-51-31-36(47-22-49-38(31)55)53-40(58)26-15-10-7-11-16-26)34(33)66-69(70,61-18-12-17-45)62-20-28-32(65-68(59)60)29(44)41(64-28)54-23-50-30-35(46-21-48-37(30)54)52-39(57)25-13-8-6-9-14-25/h6-11,13-16,21-24,27-29,32-34,41-42,56,68H,12,18-20H2,1-5H3,(H,59,60)(H,46,48,52,57)(H,47,49,53,58)/t27-,28-,29-,32-,33-,34?,41-,42-,69?/m1/s1. The highest BCUT2D eigenvalue weighted by Gasteiger charge is 2.54. The largest absolute Gasteiger partial charge is 0.408 e. The number of aliphatic hydroxyl groups is 1. The van der Waals surface area contributed by atoms with Crippen molar-refractivity contribution in [2.45, 2.75) is 94.5 Å². The van der Waals surface area contributed by atoms with E-state index in [0.29, 0.717) is 11.1 Å². The van der Waals surface area contributed by atoms with Gasteiger partial charge in [-0.1, -0.05) is 57.2 Å². The van der Waals surface area contributed by atoms with Gasteiger partial charge in [-0.25, -0.2) is 34.3 Å². The number of hydrogen-bond donors (Lipinski definition) is 4. The third kappa shape index (κ3) is 11.3. The van der Waals surface area contributed by atoms with Crippen LogP contribution in [0.25, 0.3) is 22.3 Å². The van der Waals surface area contributed by atoms with Crippen LogP contribution in [-0.4, -0.2) is 126 Å². The zero-order valence-corrected chi connectivity index (χ0v) is 42.5. The third-order valence-corrected chi connectivity index (χ3v) is 19.4. The lowest BCUT2D eigenvalue weighted by molar-refractivity contribution is -0.0560. The Balaban J connectivity index is 1.10. The lowest BCUT2D eigenvalue weighted by Gasteiger charge is -2.41. The summed E-state index contributed by atoms with van der Waals surface area (Å²) in [6, 6.07) is 18.8. The summed E-state index contributed by atoms with van der Waals surface area (Å²) in [6.07, 6.45) is -6.69. The quantitative estimate of drug-likeness (QED) is 0.0410. The number of carbonyl (C=O) groups excluding carboxylic acids is 2. The molecule has 0 saturated carbocycles. The summed E-state index contributed by atoms with van der Waals surface area (Å²) in [5.41, 5.74) is 1.22. The first-order valence-corrected chi connectivity index (χ1v) is 28.8. The topological polar surface area (TPSA) is 291 Å². The maximum Gasteiger partial charge on any atom is 0.327 e. The maximum absolute atomic E-state index is 16.7. The van der Waals surface area contributed by atoms with Gasteiger partial charge >= 0.3 is 15.0 Å². The Bertz CT molecular complexity index is 2990. The molecule has 2 aliphatic rings. The molecule has 28 heteroatoms. The van der Waals surface area contributed by atoms with Crippen molar-refractivity contribution in [3.8, 4) is 6.07 Å². The SMILES string of the molecule is CC(C)(C)[Si](C)(C)O[C@H]1C(OP(=S)(OCCC#N)OC[C@H]2O[C@@H](n3cnc4c(NC(=O)c5ccccc5)ncnc43)[C@H](F)[C@@H]2O[PH](=O)O)[C@H](n2cnc3c(NC(=O)c4ccccc4)ncnc32)O[C@@H]1CO. The van der Waals surface area contributed by atoms with Crippen LogP contribution in [0.1, 0.15) is 60.4 Å². The first-order valence-electron chi connectivity index (χ1n) is 22.1. The number of amides is 2. The van der Waals surface area contributed by atoms with Crippen molar-refractivity contribution >= 4 is 80.9 Å². The minimum atomic E-state index is -4.18. The average molecular weight is 1050 g/mol. The smallest absolute Gasteiger partial charge is 0.327 e. The molecular formula is C43H50FN11O12P2SSi. The van der Waals surface area contributed by atoms with Crippen LogP contribution in [0.15, 0.2) is 86.0 Å². The fraction of sp³-hybridized carbons (Fsp3) is 0.419. The molecule has 2 amide bonds. The van der Waals surface area contributed by atoms with E-state index in [1.165, 1.54) is 28.1 Å². The molecule has 0 aliphatic carbocycles. The number of nitriles is 1. The van der Waals surface area contributed by atoms with Gasteiger partial charge in [0.05, 0.1) is 45.0 Å². The number of alkyl halides is 1. The Labute approximate surface area is 412 Å². The molecule has 6 aromatic rings. The van der Waals surface area contributed by atoms with E-state index >= 15 is 4.39 Å². The number of nitrogens with zero attached hydrogens (tertiary/aromatic N) is 9. The van der Waals surface area contributed by atoms with Crippen molar-refractivity contribution in [1.29, 1.82) is 5.26 Å². The maximum atomic E-state index is 16.7. The zero-order chi connectivity index (χ0) is 50.7. The zero-order valence-electron chi connectivity index (χ0n) is 38.8. The molecule has 23 nitrogen and oxygen atoms in total. The summed E-state index contributed by atoms with van der Waals surface area (Å²) in [5.74, 6) is -0.818. The van der Waals surface area contributed by atoms with Crippen molar-refractivity contribution < 1.29 is 60.5 Å². The van der Waals surface area contributed by atoms with Gasteiger partial charge in [0.25, 0.3) is 11.8 Å². The van der Waals surface area contributed by atoms with Gasteiger partial charge < -0.3 is 48.1 Å². The second-order valence-corrected chi connectivity index (χ2v) is 26.2. The van der Waals surface area contributed by atoms with E-state index in [1.807, 2.05) is 39.9 Å². The number of imidazole rings is 2. The number of nitrogens with one attached hydrogen (secondary N) is 2. The molecule has 2 saturated heterocycles. The minimum Gasteiger partial charge on any atom is -0.408 e. The van der Waals surface area contributed by atoms with Crippen molar-refractivity contribution in [3.05, 3.63) is 97.1 Å². The van der Waals surface area contributed by atoms with Gasteiger partial charge in [0.1, 0.15) is 43.2 Å². The highest BCUT2D eigenvalue weighted by Crippen LogP contribution is 2.56. The number of hydrogen-bond acceptors (Lipinski definition) is 19. The molecule has 2 aromatic carbocycles. The van der Waals surface area contributed by atoms with E-state index in [2.05, 4.69) is 40.5 Å². The Kier molecular flexibility index (Phi) is 15.9. The first-order chi connectivity index (χ1) is 33.9. The first kappa shape index (κ1) is 52.0. The van der Waals surface area contributed by atoms with E-state index in [4.69, 9.17) is 43.8 Å². The van der Waals surface area contributed by atoms with Crippen LogP contribution in [0, 0.1) is 11.3 Å². The summed E-state index contributed by atoms with van der Waals surface area (Å²) < 4.78 is 75.6. The van der Waals surface area contributed by atoms with Gasteiger partial charge in [-0.2, -0.15) is 5.26 Å². The molecule has 4 aromatic heterocycles. The Morgan fingerprint density at radius 3 is 1.89 bits per heavy atom. The number of ether oxygens (including phenoxy) is 2. The predicted octanol–water partition coefficient (Wildman–Crippen LogP) is 6.01. The molecule has 376 valence electrons. The summed E-state index contributed by atoms with van der Waals surface area (Å²) in [6.45, 7) is 4.40. The van der Waals surface area contributed by atoms with E-state index in [0.717, 1.165) is 6.33 Å². The fourth-order valence-corrected chi connectivity index (χ4v) is 11.5. The number of aliphatic hydroxyl groups excluding tert-OH is 1. The monoisotopic (exact) mass is 1050 g/mol. The van der Waals surface area contributed by atoms with Gasteiger partial charge in [0.15, 0.2) is 60.9 Å². The number of carbonyl (C=O) groups is 2. The van der Waals surface area contributed by atoms with Gasteiger partial charge in [-0.15, -0.1) is 0 Å². The second kappa shape index (κ2) is 21.8. The Morgan fingerprint density at radius 1 is 0.845 bits per heavy atom. The highest BCUT2D eigenvalue weighted by atomic mass is 32.5. The fourth-order valence-electron chi connectivity index (χ4n) is 7.57. The molecule has 6 heterocycles. The summed E-state index contributed by atoms with van der Waals surface area (Å²) >= 11 is 6.05. The van der Waals surface area contributed by atoms with Crippen LogP contribution in [0.3, 0.4) is 0 Å². The number of halogens is 1. The molecule has 3 unspecified atom stereocenters. The molecule has 2 fully saturated rings. The lowest BCUT2D eigenvalue weighted by atomic mass is 10.1. The predicted molar refractivity (Wildman–Crippen MR) is 259 cm³/mol. The van der Waals surface area contributed by atoms with Crippen LogP contribution >= 0.6 is 15.0 Å². The normalized spacial score (nSPS) is 23.9. The molecule has 0 bridgehead atoms. The minimum absolute atomic E-state index is 0.0244. The second-order valence-electron chi connectivity index (χ2n) is 17.7. The van der Waals surface area contributed by atoms with Gasteiger partial charge in [0, 0.05) is 11.1 Å². The summed E-state index contributed by atoms with van der Waals surface area (Å²) in [4.78, 5) is 62.2. The van der Waals surface area contributed by atoms with Crippen molar-refractivity contribution in [2.24, 2.45) is 0 Å². The molecule has 10 atom stereocenters. The van der Waals surface area contributed by atoms with Crippen molar-refractivity contribution in [1.82, 2.24) is 39.0 Å². The van der Waals surface area contributed by atoms with Gasteiger partial charge in [0.2, 0.25) is 0 Å². The molecule has 0 spiro atoms. The molecule has 2 aliphatic heterocycles. The van der Waals surface area contributed by atoms with E-state index < -0.39 is 97.5 Å². The molecular weight excluding hydrogens is 1000 g/mol. The lowest BCUT2D eigenvalue weighted by Crippen LogP contribution is -2.50. The number of aromatic nitrogens is 8. The summed E-state index contributed by atoms with van der Waals surface area (Å²) in [7, 11) is -6.54. The van der Waals surface area contributed by atoms with Crippen LogP contribution < -0.4 is 10.6 Å². The van der Waals surface area contributed by atoms with Crippen LogP contribution in [0.5, 0.6) is 0 Å². The molecule has 0 radical (unpaired) electrons. The average Bonchev–Trinajstić information content (AvgIpc) is 4.12. The number of rotatable bonds is 19. The van der Waals surface area contributed by atoms with Crippen LogP contribution in [-0.2, 0) is 48.4 Å². The summed E-state index contributed by atoms with van der Waals surface area (Å²) in [5, 5.41) is 25.5. The van der Waals surface area contributed by atoms with E-state index in [1.54, 1.807) is 60.7 Å². The van der Waals surface area contributed by atoms with Crippen molar-refractivity contribution in [2.75, 3.05) is 30.5 Å². The third-order valence-electron chi connectivity index (χ3n) is 12.1. The Hall–Kier alpha value is -5.36. The molecule has 4 N–H and O–H groups in total. The van der Waals surface area contributed by atoms with Crippen LogP contribution in [0.2, 0.25) is 18.1 Å². The number of anilines is 2. The number of fused-ring (bicyclic) bond motifs is 2. The van der Waals surface area contributed by atoms with E-state index in [-0.39, 0.29) is 52.0 Å². The number of benzene rings is 2. The Morgan fingerprint density at radius 2 is 1.38 bits per heavy atom. The van der Waals surface area contributed by atoms with E-state index in [9.17, 15) is 29.4 Å². The van der Waals surface area contributed by atoms with Crippen molar-refractivity contribution in [3.63, 3.8) is 0 Å². The van der Waals surface area contributed by atoms with Gasteiger partial charge in [-0.05, 0) is 54.2 Å². The van der Waals surface area contributed by atoms with Crippen LogP contribution in [0.4, 0.5) is 16.0 Å². The molecule has 8 rings (SSSR count). The molecule has 71 heavy (non-hydrogen) atoms. The highest BCUT2D eigenvalue weighted by molar-refractivity contribution is 8.07.